The number of nitrogens with one attached hydrogen (secondary N) is 2. The monoisotopic (exact) mass is 308 g/mol. The molecule has 0 spiro atoms. The Hall–Kier alpha value is -1.69. The van der Waals surface area contributed by atoms with Crippen molar-refractivity contribution in [3.8, 4) is 0 Å². The molecule has 1 saturated carbocycles. The Kier molecular flexibility index (Phi) is 5.50. The molecular formula is C15H20N2O3S. The third kappa shape index (κ3) is 4.39. The van der Waals surface area contributed by atoms with Crippen LogP contribution in [-0.4, -0.2) is 34.7 Å². The summed E-state index contributed by atoms with van der Waals surface area (Å²) in [6.07, 6.45) is 5.05. The van der Waals surface area contributed by atoms with Gasteiger partial charge in [0.1, 0.15) is 0 Å². The van der Waals surface area contributed by atoms with E-state index in [0.29, 0.717) is 10.8 Å². The van der Waals surface area contributed by atoms with E-state index in [2.05, 4.69) is 16.9 Å². The Bertz CT molecular complexity index is 495. The predicted octanol–water partition coefficient (Wildman–Crippen LogP) is 2.40. The van der Waals surface area contributed by atoms with Crippen molar-refractivity contribution < 1.29 is 14.7 Å². The SMILES string of the molecule is CSC1CCC(NC(=O)N[C@H](C(=O)O)c2ccccc2)C1. The second-order valence-corrected chi connectivity index (χ2v) is 6.31. The zero-order valence-electron chi connectivity index (χ0n) is 11.9. The van der Waals surface area contributed by atoms with Crippen LogP contribution in [-0.2, 0) is 4.79 Å². The number of urea groups is 1. The van der Waals surface area contributed by atoms with Crippen molar-refractivity contribution in [1.29, 1.82) is 0 Å². The topological polar surface area (TPSA) is 78.4 Å². The van der Waals surface area contributed by atoms with Gasteiger partial charge in [-0.05, 0) is 31.1 Å². The maximum atomic E-state index is 12.0. The molecule has 0 aromatic heterocycles. The second kappa shape index (κ2) is 7.36. The van der Waals surface area contributed by atoms with Crippen molar-refractivity contribution >= 4 is 23.8 Å². The molecule has 3 N–H and O–H groups in total. The van der Waals surface area contributed by atoms with Gasteiger partial charge < -0.3 is 15.7 Å². The lowest BCUT2D eigenvalue weighted by Gasteiger charge is -2.18. The Labute approximate surface area is 128 Å². The van der Waals surface area contributed by atoms with Gasteiger partial charge in [-0.1, -0.05) is 30.3 Å². The molecule has 0 saturated heterocycles. The first kappa shape index (κ1) is 15.7. The number of aliphatic carboxylic acids is 1. The molecule has 2 rings (SSSR count). The number of hydrogen-bond acceptors (Lipinski definition) is 3. The number of carboxylic acid groups (broad SMARTS) is 1. The number of carbonyl (C=O) groups is 2. The average Bonchev–Trinajstić information content (AvgIpc) is 2.93. The lowest BCUT2D eigenvalue weighted by molar-refractivity contribution is -0.139. The summed E-state index contributed by atoms with van der Waals surface area (Å²) in [5.41, 5.74) is 0.563. The highest BCUT2D eigenvalue weighted by Crippen LogP contribution is 2.28. The molecule has 6 heteroatoms. The normalized spacial score (nSPS) is 22.5. The molecule has 1 aliphatic carbocycles. The van der Waals surface area contributed by atoms with Crippen LogP contribution in [0.15, 0.2) is 30.3 Å². The maximum Gasteiger partial charge on any atom is 0.330 e. The van der Waals surface area contributed by atoms with Crippen molar-refractivity contribution in [1.82, 2.24) is 10.6 Å². The summed E-state index contributed by atoms with van der Waals surface area (Å²) in [4.78, 5) is 23.3. The average molecular weight is 308 g/mol. The van der Waals surface area contributed by atoms with E-state index in [9.17, 15) is 14.7 Å². The van der Waals surface area contributed by atoms with E-state index >= 15 is 0 Å². The number of amides is 2. The van der Waals surface area contributed by atoms with E-state index in [0.717, 1.165) is 19.3 Å². The molecule has 0 heterocycles. The van der Waals surface area contributed by atoms with Crippen LogP contribution in [0.25, 0.3) is 0 Å². The maximum absolute atomic E-state index is 12.0. The van der Waals surface area contributed by atoms with Crippen molar-refractivity contribution in [2.24, 2.45) is 0 Å². The van der Waals surface area contributed by atoms with Gasteiger partial charge in [-0.2, -0.15) is 11.8 Å². The molecule has 1 aromatic carbocycles. The second-order valence-electron chi connectivity index (χ2n) is 5.17. The zero-order chi connectivity index (χ0) is 15.2. The molecule has 114 valence electrons. The third-order valence-corrected chi connectivity index (χ3v) is 4.80. The first-order valence-electron chi connectivity index (χ1n) is 6.97. The molecule has 21 heavy (non-hydrogen) atoms. The van der Waals surface area contributed by atoms with Crippen LogP contribution in [0.5, 0.6) is 0 Å². The fourth-order valence-corrected chi connectivity index (χ4v) is 3.37. The minimum atomic E-state index is -1.07. The van der Waals surface area contributed by atoms with Crippen molar-refractivity contribution in [2.75, 3.05) is 6.26 Å². The van der Waals surface area contributed by atoms with Gasteiger partial charge in [0.2, 0.25) is 0 Å². The lowest BCUT2D eigenvalue weighted by Crippen LogP contribution is -2.44. The van der Waals surface area contributed by atoms with E-state index in [1.54, 1.807) is 24.3 Å². The smallest absolute Gasteiger partial charge is 0.330 e. The van der Waals surface area contributed by atoms with Gasteiger partial charge in [-0.15, -0.1) is 0 Å². The number of thioether (sulfide) groups is 1. The van der Waals surface area contributed by atoms with Crippen LogP contribution in [0.2, 0.25) is 0 Å². The molecule has 1 fully saturated rings. The van der Waals surface area contributed by atoms with Gasteiger partial charge in [0, 0.05) is 11.3 Å². The summed E-state index contributed by atoms with van der Waals surface area (Å²) in [5, 5.41) is 15.3. The molecule has 3 atom stereocenters. The Morgan fingerprint density at radius 3 is 2.57 bits per heavy atom. The van der Waals surface area contributed by atoms with Crippen LogP contribution in [0.3, 0.4) is 0 Å². The molecule has 1 aromatic rings. The summed E-state index contributed by atoms with van der Waals surface area (Å²) in [5.74, 6) is -1.07. The number of hydrogen-bond donors (Lipinski definition) is 3. The summed E-state index contributed by atoms with van der Waals surface area (Å²) >= 11 is 1.81. The number of carboxylic acids is 1. The highest BCUT2D eigenvalue weighted by atomic mass is 32.2. The first-order chi connectivity index (χ1) is 10.1. The predicted molar refractivity (Wildman–Crippen MR) is 83.4 cm³/mol. The van der Waals surface area contributed by atoms with Crippen LogP contribution >= 0.6 is 11.8 Å². The minimum absolute atomic E-state index is 0.132. The molecule has 0 bridgehead atoms. The number of rotatable bonds is 5. The third-order valence-electron chi connectivity index (χ3n) is 3.71. The van der Waals surface area contributed by atoms with Gasteiger partial charge in [0.05, 0.1) is 0 Å². The highest BCUT2D eigenvalue weighted by Gasteiger charge is 2.27. The quantitative estimate of drug-likeness (QED) is 0.780. The van der Waals surface area contributed by atoms with Crippen molar-refractivity contribution in [3.63, 3.8) is 0 Å². The lowest BCUT2D eigenvalue weighted by atomic mass is 10.1. The fraction of sp³-hybridized carbons (Fsp3) is 0.467. The zero-order valence-corrected chi connectivity index (χ0v) is 12.7. The van der Waals surface area contributed by atoms with E-state index in [4.69, 9.17) is 0 Å². The number of benzene rings is 1. The fourth-order valence-electron chi connectivity index (χ4n) is 2.58. The van der Waals surface area contributed by atoms with Gasteiger partial charge in [0.15, 0.2) is 6.04 Å². The summed E-state index contributed by atoms with van der Waals surface area (Å²) < 4.78 is 0. The number of carbonyl (C=O) groups excluding carboxylic acids is 1. The summed E-state index contributed by atoms with van der Waals surface area (Å²) in [7, 11) is 0. The molecular weight excluding hydrogens is 288 g/mol. The summed E-state index contributed by atoms with van der Waals surface area (Å²) in [6.45, 7) is 0. The molecule has 1 aliphatic rings. The Morgan fingerprint density at radius 1 is 1.29 bits per heavy atom. The molecule has 0 radical (unpaired) electrons. The summed E-state index contributed by atoms with van der Waals surface area (Å²) in [6, 6.07) is 7.39. The Balaban J connectivity index is 1.92. The van der Waals surface area contributed by atoms with Crippen molar-refractivity contribution in [2.45, 2.75) is 36.6 Å². The van der Waals surface area contributed by atoms with Gasteiger partial charge in [-0.25, -0.2) is 9.59 Å². The standard InChI is InChI=1S/C15H20N2O3S/c1-21-12-8-7-11(9-12)16-15(20)17-13(14(18)19)10-5-3-2-4-6-10/h2-6,11-13H,7-9H2,1H3,(H,18,19)(H2,16,17,20)/t11?,12?,13-/m0/s1. The van der Waals surface area contributed by atoms with E-state index < -0.39 is 18.0 Å². The largest absolute Gasteiger partial charge is 0.479 e. The highest BCUT2D eigenvalue weighted by molar-refractivity contribution is 7.99. The van der Waals surface area contributed by atoms with Gasteiger partial charge in [0.25, 0.3) is 0 Å². The van der Waals surface area contributed by atoms with E-state index in [1.807, 2.05) is 17.8 Å². The van der Waals surface area contributed by atoms with Gasteiger partial charge >= 0.3 is 12.0 Å². The van der Waals surface area contributed by atoms with Gasteiger partial charge in [-0.3, -0.25) is 0 Å². The minimum Gasteiger partial charge on any atom is -0.479 e. The van der Waals surface area contributed by atoms with E-state index in [-0.39, 0.29) is 6.04 Å². The van der Waals surface area contributed by atoms with E-state index in [1.165, 1.54) is 0 Å². The first-order valence-corrected chi connectivity index (χ1v) is 8.26. The van der Waals surface area contributed by atoms with Crippen LogP contribution in [0.1, 0.15) is 30.9 Å². The molecule has 0 aliphatic heterocycles. The van der Waals surface area contributed by atoms with Crippen molar-refractivity contribution in [3.05, 3.63) is 35.9 Å². The molecule has 5 nitrogen and oxygen atoms in total. The molecule has 2 unspecified atom stereocenters. The molecule has 2 amide bonds. The van der Waals surface area contributed by atoms with Crippen LogP contribution in [0.4, 0.5) is 4.79 Å². The van der Waals surface area contributed by atoms with Crippen LogP contribution in [0, 0.1) is 0 Å². The van der Waals surface area contributed by atoms with Crippen LogP contribution < -0.4 is 10.6 Å². The Morgan fingerprint density at radius 2 is 2.00 bits per heavy atom.